The smallest absolute Gasteiger partial charge is 0.308 e. The van der Waals surface area contributed by atoms with Gasteiger partial charge in [-0.25, -0.2) is 0 Å². The monoisotopic (exact) mass is 240 g/mol. The summed E-state index contributed by atoms with van der Waals surface area (Å²) in [6.45, 7) is 1.77. The molecule has 3 nitrogen and oxygen atoms in total. The molecule has 0 saturated carbocycles. The van der Waals surface area contributed by atoms with Crippen LogP contribution in [-0.4, -0.2) is 12.6 Å². The van der Waals surface area contributed by atoms with Crippen LogP contribution in [0.1, 0.15) is 12.5 Å². The van der Waals surface area contributed by atoms with Crippen LogP contribution in [0.3, 0.4) is 0 Å². The van der Waals surface area contributed by atoms with E-state index in [9.17, 15) is 4.79 Å². The summed E-state index contributed by atoms with van der Waals surface area (Å²) in [5.74, 6) is -0.465. The van der Waals surface area contributed by atoms with Crippen molar-refractivity contribution in [1.29, 1.82) is 0 Å². The van der Waals surface area contributed by atoms with Crippen molar-refractivity contribution in [3.05, 3.63) is 47.4 Å². The van der Waals surface area contributed by atoms with E-state index < -0.39 is 5.97 Å². The number of rotatable bonds is 5. The number of benzene rings is 1. The molecule has 1 aromatic carbocycles. The molecule has 0 atom stereocenters. The van der Waals surface area contributed by atoms with Crippen LogP contribution in [0.4, 0.5) is 0 Å². The van der Waals surface area contributed by atoms with Gasteiger partial charge in [0.25, 0.3) is 0 Å². The standard InChI is InChI=1S/C12H13ClO3/c1-10(14)16-12(13)9-15-8-7-11-5-3-2-4-6-11/h2-6,9H,7-8H2,1H3/b12-9+. The molecule has 1 rings (SSSR count). The summed E-state index contributed by atoms with van der Waals surface area (Å²) in [4.78, 5) is 10.5. The molecule has 0 aromatic heterocycles. The van der Waals surface area contributed by atoms with Gasteiger partial charge in [-0.2, -0.15) is 0 Å². The minimum absolute atomic E-state index is 0.0550. The minimum Gasteiger partial charge on any atom is -0.496 e. The Morgan fingerprint density at radius 1 is 1.38 bits per heavy atom. The Balaban J connectivity index is 2.24. The normalized spacial score (nSPS) is 11.0. The molecule has 0 amide bonds. The zero-order valence-corrected chi connectivity index (χ0v) is 9.74. The van der Waals surface area contributed by atoms with Gasteiger partial charge in [-0.05, 0) is 17.2 Å². The molecule has 4 heteroatoms. The summed E-state index contributed by atoms with van der Waals surface area (Å²) in [7, 11) is 0. The molecule has 0 heterocycles. The van der Waals surface area contributed by atoms with E-state index in [2.05, 4.69) is 4.74 Å². The Hall–Kier alpha value is -1.48. The first-order chi connectivity index (χ1) is 7.68. The molecular formula is C12H13ClO3. The van der Waals surface area contributed by atoms with Gasteiger partial charge in [-0.15, -0.1) is 0 Å². The van der Waals surface area contributed by atoms with Crippen molar-refractivity contribution in [2.24, 2.45) is 0 Å². The van der Waals surface area contributed by atoms with Crippen LogP contribution in [0.5, 0.6) is 0 Å². The Kier molecular flexibility index (Phi) is 5.43. The Morgan fingerprint density at radius 3 is 2.69 bits per heavy atom. The molecular weight excluding hydrogens is 228 g/mol. The fraction of sp³-hybridized carbons (Fsp3) is 0.250. The van der Waals surface area contributed by atoms with Gasteiger partial charge in [-0.3, -0.25) is 4.79 Å². The van der Waals surface area contributed by atoms with Crippen LogP contribution in [0.15, 0.2) is 41.8 Å². The van der Waals surface area contributed by atoms with Crippen LogP contribution >= 0.6 is 11.6 Å². The van der Waals surface area contributed by atoms with E-state index in [-0.39, 0.29) is 5.22 Å². The number of halogens is 1. The van der Waals surface area contributed by atoms with E-state index in [0.29, 0.717) is 6.61 Å². The first kappa shape index (κ1) is 12.6. The molecule has 86 valence electrons. The number of ether oxygens (including phenoxy) is 2. The number of esters is 1. The van der Waals surface area contributed by atoms with Crippen LogP contribution in [0.25, 0.3) is 0 Å². The van der Waals surface area contributed by atoms with Gasteiger partial charge in [0.05, 0.1) is 6.61 Å². The quantitative estimate of drug-likeness (QED) is 0.451. The van der Waals surface area contributed by atoms with Crippen molar-refractivity contribution in [3.8, 4) is 0 Å². The third-order valence-electron chi connectivity index (χ3n) is 1.77. The molecule has 0 unspecified atom stereocenters. The highest BCUT2D eigenvalue weighted by Gasteiger charge is 1.97. The van der Waals surface area contributed by atoms with Crippen LogP contribution in [0.2, 0.25) is 0 Å². The molecule has 0 saturated heterocycles. The summed E-state index contributed by atoms with van der Waals surface area (Å²) in [5.41, 5.74) is 1.18. The maximum Gasteiger partial charge on any atom is 0.308 e. The van der Waals surface area contributed by atoms with E-state index in [0.717, 1.165) is 6.42 Å². The molecule has 0 bridgehead atoms. The largest absolute Gasteiger partial charge is 0.496 e. The predicted molar refractivity (Wildman–Crippen MR) is 61.8 cm³/mol. The van der Waals surface area contributed by atoms with Crippen molar-refractivity contribution >= 4 is 17.6 Å². The Bertz CT molecular complexity index is 360. The van der Waals surface area contributed by atoms with Crippen molar-refractivity contribution in [3.63, 3.8) is 0 Å². The molecule has 0 aliphatic rings. The van der Waals surface area contributed by atoms with Gasteiger partial charge >= 0.3 is 5.97 Å². The second-order valence-electron chi connectivity index (χ2n) is 3.12. The zero-order valence-electron chi connectivity index (χ0n) is 8.98. The highest BCUT2D eigenvalue weighted by molar-refractivity contribution is 6.28. The summed E-state index contributed by atoms with van der Waals surface area (Å²) < 4.78 is 9.69. The summed E-state index contributed by atoms with van der Waals surface area (Å²) in [6.07, 6.45) is 2.01. The first-order valence-electron chi connectivity index (χ1n) is 4.88. The summed E-state index contributed by atoms with van der Waals surface area (Å²) in [5, 5.41) is -0.0550. The number of hydrogen-bond acceptors (Lipinski definition) is 3. The van der Waals surface area contributed by atoms with Crippen LogP contribution in [-0.2, 0) is 20.7 Å². The van der Waals surface area contributed by atoms with E-state index in [1.54, 1.807) is 0 Å². The second kappa shape index (κ2) is 6.90. The van der Waals surface area contributed by atoms with Crippen LogP contribution in [0, 0.1) is 0 Å². The lowest BCUT2D eigenvalue weighted by Crippen LogP contribution is -1.97. The highest BCUT2D eigenvalue weighted by atomic mass is 35.5. The van der Waals surface area contributed by atoms with Gasteiger partial charge in [-0.1, -0.05) is 30.3 Å². The highest BCUT2D eigenvalue weighted by Crippen LogP contribution is 2.05. The fourth-order valence-corrected chi connectivity index (χ4v) is 1.28. The van der Waals surface area contributed by atoms with Crippen molar-refractivity contribution in [2.75, 3.05) is 6.61 Å². The van der Waals surface area contributed by atoms with Crippen molar-refractivity contribution < 1.29 is 14.3 Å². The Labute approximate surface area is 99.6 Å². The van der Waals surface area contributed by atoms with Crippen LogP contribution < -0.4 is 0 Å². The van der Waals surface area contributed by atoms with Gasteiger partial charge in [0, 0.05) is 13.3 Å². The van der Waals surface area contributed by atoms with Crippen molar-refractivity contribution in [2.45, 2.75) is 13.3 Å². The molecule has 0 aliphatic carbocycles. The Morgan fingerprint density at radius 2 is 2.06 bits per heavy atom. The van der Waals surface area contributed by atoms with E-state index >= 15 is 0 Å². The minimum atomic E-state index is -0.465. The SMILES string of the molecule is CC(=O)O/C(Cl)=C/OCCc1ccccc1. The topological polar surface area (TPSA) is 35.5 Å². The lowest BCUT2D eigenvalue weighted by atomic mass is 10.2. The average Bonchev–Trinajstić information content (AvgIpc) is 2.25. The summed E-state index contributed by atoms with van der Waals surface area (Å²) >= 11 is 5.55. The third-order valence-corrected chi connectivity index (χ3v) is 1.93. The molecule has 0 radical (unpaired) electrons. The molecule has 0 spiro atoms. The second-order valence-corrected chi connectivity index (χ2v) is 3.49. The van der Waals surface area contributed by atoms with Gasteiger partial charge in [0.15, 0.2) is 0 Å². The maximum absolute atomic E-state index is 10.5. The van der Waals surface area contributed by atoms with E-state index in [1.165, 1.54) is 18.7 Å². The van der Waals surface area contributed by atoms with Gasteiger partial charge < -0.3 is 9.47 Å². The zero-order chi connectivity index (χ0) is 11.8. The molecule has 1 aromatic rings. The molecule has 16 heavy (non-hydrogen) atoms. The lowest BCUT2D eigenvalue weighted by molar-refractivity contribution is -0.136. The number of carbonyl (C=O) groups excluding carboxylic acids is 1. The molecule has 0 fully saturated rings. The van der Waals surface area contributed by atoms with E-state index in [1.807, 2.05) is 30.3 Å². The molecule has 0 aliphatic heterocycles. The molecule has 0 N–H and O–H groups in total. The first-order valence-corrected chi connectivity index (χ1v) is 5.26. The lowest BCUT2D eigenvalue weighted by Gasteiger charge is -2.02. The van der Waals surface area contributed by atoms with Gasteiger partial charge in [0.2, 0.25) is 5.22 Å². The third kappa shape index (κ3) is 5.41. The summed E-state index contributed by atoms with van der Waals surface area (Å²) in [6, 6.07) is 9.93. The fourth-order valence-electron chi connectivity index (χ4n) is 1.11. The predicted octanol–water partition coefficient (Wildman–Crippen LogP) is 2.85. The number of carbonyl (C=O) groups is 1. The average molecular weight is 241 g/mol. The van der Waals surface area contributed by atoms with Crippen molar-refractivity contribution in [1.82, 2.24) is 0 Å². The van der Waals surface area contributed by atoms with Gasteiger partial charge in [0.1, 0.15) is 6.26 Å². The number of hydrogen-bond donors (Lipinski definition) is 0. The maximum atomic E-state index is 10.5. The van der Waals surface area contributed by atoms with E-state index in [4.69, 9.17) is 16.3 Å².